The maximum atomic E-state index is 5.00. The standard InChI is InChI=1S/C12H23N3O/c1-5-12(2,3)10-15-8-6-13-11(15)14-7-9-16-4/h6,8H,5,7,9-10H2,1-4H3,(H,13,14). The summed E-state index contributed by atoms with van der Waals surface area (Å²) in [6.07, 6.45) is 5.01. The first-order valence-electron chi connectivity index (χ1n) is 5.83. The van der Waals surface area contributed by atoms with Crippen molar-refractivity contribution in [1.29, 1.82) is 0 Å². The van der Waals surface area contributed by atoms with Crippen LogP contribution in [-0.2, 0) is 11.3 Å². The van der Waals surface area contributed by atoms with Crippen LogP contribution in [0.3, 0.4) is 0 Å². The summed E-state index contributed by atoms with van der Waals surface area (Å²) in [6.45, 7) is 9.23. The van der Waals surface area contributed by atoms with Crippen molar-refractivity contribution in [3.63, 3.8) is 0 Å². The van der Waals surface area contributed by atoms with E-state index in [1.807, 2.05) is 12.4 Å². The fourth-order valence-corrected chi connectivity index (χ4v) is 1.44. The molecule has 1 aromatic rings. The Balaban J connectivity index is 2.56. The minimum atomic E-state index is 0.304. The fourth-order valence-electron chi connectivity index (χ4n) is 1.44. The van der Waals surface area contributed by atoms with Crippen molar-refractivity contribution in [2.24, 2.45) is 5.41 Å². The summed E-state index contributed by atoms with van der Waals surface area (Å²) in [5.74, 6) is 0.929. The number of methoxy groups -OCH3 is 1. The Morgan fingerprint density at radius 2 is 2.25 bits per heavy atom. The fraction of sp³-hybridized carbons (Fsp3) is 0.750. The summed E-state index contributed by atoms with van der Waals surface area (Å²) in [5.41, 5.74) is 0.304. The third kappa shape index (κ3) is 3.85. The minimum absolute atomic E-state index is 0.304. The molecule has 1 heterocycles. The van der Waals surface area contributed by atoms with E-state index in [0.29, 0.717) is 12.0 Å². The Labute approximate surface area is 98.0 Å². The second-order valence-electron chi connectivity index (χ2n) is 4.82. The van der Waals surface area contributed by atoms with Crippen LogP contribution in [0.2, 0.25) is 0 Å². The van der Waals surface area contributed by atoms with Gasteiger partial charge in [0.2, 0.25) is 5.95 Å². The average molecular weight is 225 g/mol. The van der Waals surface area contributed by atoms with E-state index >= 15 is 0 Å². The number of aromatic nitrogens is 2. The molecule has 0 aliphatic carbocycles. The zero-order chi connectivity index (χ0) is 12.0. The van der Waals surface area contributed by atoms with Crippen molar-refractivity contribution in [3.8, 4) is 0 Å². The minimum Gasteiger partial charge on any atom is -0.383 e. The largest absolute Gasteiger partial charge is 0.383 e. The van der Waals surface area contributed by atoms with Gasteiger partial charge in [0.1, 0.15) is 0 Å². The third-order valence-corrected chi connectivity index (χ3v) is 2.86. The number of rotatable bonds is 7. The lowest BCUT2D eigenvalue weighted by molar-refractivity contribution is 0.210. The maximum Gasteiger partial charge on any atom is 0.202 e. The van der Waals surface area contributed by atoms with Gasteiger partial charge < -0.3 is 14.6 Å². The van der Waals surface area contributed by atoms with Crippen molar-refractivity contribution >= 4 is 5.95 Å². The molecule has 16 heavy (non-hydrogen) atoms. The number of imidazole rings is 1. The van der Waals surface area contributed by atoms with E-state index in [-0.39, 0.29) is 0 Å². The molecule has 0 aromatic carbocycles. The smallest absolute Gasteiger partial charge is 0.202 e. The second-order valence-corrected chi connectivity index (χ2v) is 4.82. The van der Waals surface area contributed by atoms with Gasteiger partial charge in [-0.3, -0.25) is 0 Å². The van der Waals surface area contributed by atoms with Gasteiger partial charge in [-0.1, -0.05) is 20.8 Å². The average Bonchev–Trinajstić information content (AvgIpc) is 2.66. The third-order valence-electron chi connectivity index (χ3n) is 2.86. The van der Waals surface area contributed by atoms with Crippen LogP contribution in [-0.4, -0.2) is 29.8 Å². The van der Waals surface area contributed by atoms with Crippen molar-refractivity contribution < 1.29 is 4.74 Å². The summed E-state index contributed by atoms with van der Waals surface area (Å²) in [4.78, 5) is 4.30. The Bertz CT molecular complexity index is 307. The molecule has 0 bridgehead atoms. The molecule has 1 rings (SSSR count). The highest BCUT2D eigenvalue weighted by Crippen LogP contribution is 2.23. The van der Waals surface area contributed by atoms with Crippen LogP contribution in [0.5, 0.6) is 0 Å². The zero-order valence-electron chi connectivity index (χ0n) is 10.8. The number of nitrogens with one attached hydrogen (secondary N) is 1. The van der Waals surface area contributed by atoms with Gasteiger partial charge in [0, 0.05) is 32.6 Å². The highest BCUT2D eigenvalue weighted by Gasteiger charge is 2.17. The second kappa shape index (κ2) is 5.89. The number of hydrogen-bond acceptors (Lipinski definition) is 3. The molecule has 0 atom stereocenters. The number of ether oxygens (including phenoxy) is 1. The first kappa shape index (κ1) is 13.0. The molecule has 0 saturated heterocycles. The highest BCUT2D eigenvalue weighted by molar-refractivity contribution is 5.25. The van der Waals surface area contributed by atoms with Crippen LogP contribution in [0.4, 0.5) is 5.95 Å². The Kier molecular flexibility index (Phi) is 4.80. The summed E-state index contributed by atoms with van der Waals surface area (Å²) in [7, 11) is 1.70. The molecule has 0 spiro atoms. The van der Waals surface area contributed by atoms with Gasteiger partial charge in [0.15, 0.2) is 0 Å². The lowest BCUT2D eigenvalue weighted by Gasteiger charge is -2.24. The molecule has 4 nitrogen and oxygen atoms in total. The van der Waals surface area contributed by atoms with Crippen molar-refractivity contribution in [2.45, 2.75) is 33.7 Å². The lowest BCUT2D eigenvalue weighted by Crippen LogP contribution is -2.20. The quantitative estimate of drug-likeness (QED) is 0.724. The molecule has 0 saturated carbocycles. The van der Waals surface area contributed by atoms with Gasteiger partial charge in [-0.15, -0.1) is 0 Å². The van der Waals surface area contributed by atoms with Crippen LogP contribution in [0, 0.1) is 5.41 Å². The Morgan fingerprint density at radius 3 is 2.88 bits per heavy atom. The summed E-state index contributed by atoms with van der Waals surface area (Å²) >= 11 is 0. The molecular formula is C12H23N3O. The number of nitrogens with zero attached hydrogens (tertiary/aromatic N) is 2. The first-order valence-corrected chi connectivity index (χ1v) is 5.83. The van der Waals surface area contributed by atoms with Crippen LogP contribution in [0.1, 0.15) is 27.2 Å². The molecule has 0 aliphatic rings. The maximum absolute atomic E-state index is 5.00. The van der Waals surface area contributed by atoms with Crippen LogP contribution in [0.25, 0.3) is 0 Å². The Hall–Kier alpha value is -1.03. The van der Waals surface area contributed by atoms with E-state index < -0.39 is 0 Å². The van der Waals surface area contributed by atoms with Gasteiger partial charge in [-0.2, -0.15) is 0 Å². The van der Waals surface area contributed by atoms with Crippen LogP contribution >= 0.6 is 0 Å². The molecule has 1 N–H and O–H groups in total. The SMILES string of the molecule is CCC(C)(C)Cn1ccnc1NCCOC. The molecule has 92 valence electrons. The van der Waals surface area contributed by atoms with Crippen LogP contribution in [0.15, 0.2) is 12.4 Å². The molecule has 1 aromatic heterocycles. The van der Waals surface area contributed by atoms with E-state index in [4.69, 9.17) is 4.74 Å². The van der Waals surface area contributed by atoms with Gasteiger partial charge in [-0.25, -0.2) is 4.98 Å². The van der Waals surface area contributed by atoms with Gasteiger partial charge in [-0.05, 0) is 11.8 Å². The molecular weight excluding hydrogens is 202 g/mol. The summed E-state index contributed by atoms with van der Waals surface area (Å²) in [6, 6.07) is 0. The highest BCUT2D eigenvalue weighted by atomic mass is 16.5. The van der Waals surface area contributed by atoms with Gasteiger partial charge >= 0.3 is 0 Å². The topological polar surface area (TPSA) is 39.1 Å². The van der Waals surface area contributed by atoms with E-state index in [0.717, 1.165) is 25.5 Å². The van der Waals surface area contributed by atoms with Crippen LogP contribution < -0.4 is 5.32 Å². The summed E-state index contributed by atoms with van der Waals surface area (Å²) in [5, 5.41) is 3.27. The number of hydrogen-bond donors (Lipinski definition) is 1. The van der Waals surface area contributed by atoms with Gasteiger partial charge in [0.05, 0.1) is 6.61 Å². The van der Waals surface area contributed by atoms with Crippen molar-refractivity contribution in [2.75, 3.05) is 25.6 Å². The van der Waals surface area contributed by atoms with Crippen molar-refractivity contribution in [1.82, 2.24) is 9.55 Å². The molecule has 0 radical (unpaired) electrons. The van der Waals surface area contributed by atoms with E-state index in [1.54, 1.807) is 7.11 Å². The Morgan fingerprint density at radius 1 is 1.50 bits per heavy atom. The molecule has 0 aliphatic heterocycles. The molecule has 4 heteroatoms. The molecule has 0 unspecified atom stereocenters. The lowest BCUT2D eigenvalue weighted by atomic mass is 9.90. The molecule has 0 amide bonds. The van der Waals surface area contributed by atoms with Crippen molar-refractivity contribution in [3.05, 3.63) is 12.4 Å². The normalized spacial score (nSPS) is 11.8. The first-order chi connectivity index (χ1) is 7.59. The predicted molar refractivity (Wildman–Crippen MR) is 66.7 cm³/mol. The monoisotopic (exact) mass is 225 g/mol. The zero-order valence-corrected chi connectivity index (χ0v) is 10.8. The summed E-state index contributed by atoms with van der Waals surface area (Å²) < 4.78 is 7.17. The predicted octanol–water partition coefficient (Wildman–Crippen LogP) is 2.38. The van der Waals surface area contributed by atoms with E-state index in [9.17, 15) is 0 Å². The van der Waals surface area contributed by atoms with E-state index in [2.05, 4.69) is 35.6 Å². The number of anilines is 1. The van der Waals surface area contributed by atoms with E-state index in [1.165, 1.54) is 0 Å². The molecule has 0 fully saturated rings. The van der Waals surface area contributed by atoms with Gasteiger partial charge in [0.25, 0.3) is 0 Å².